The Balaban J connectivity index is 1.50. The van der Waals surface area contributed by atoms with Gasteiger partial charge in [-0.25, -0.2) is 0 Å². The molecule has 0 radical (unpaired) electrons. The second kappa shape index (κ2) is 6.07. The molecule has 1 amide bonds. The van der Waals surface area contributed by atoms with E-state index in [4.69, 9.17) is 10.5 Å². The zero-order chi connectivity index (χ0) is 15.5. The summed E-state index contributed by atoms with van der Waals surface area (Å²) in [7, 11) is 0. The highest BCUT2D eigenvalue weighted by Gasteiger charge is 2.33. The average molecular weight is 294 g/mol. The zero-order valence-electron chi connectivity index (χ0n) is 12.4. The summed E-state index contributed by atoms with van der Waals surface area (Å²) >= 11 is 0. The first kappa shape index (κ1) is 14.4. The molecule has 0 saturated carbocycles. The molecular weight excluding hydrogens is 276 g/mol. The maximum atomic E-state index is 12.2. The number of nitriles is 2. The summed E-state index contributed by atoms with van der Waals surface area (Å²) in [5.74, 6) is 0.849. The van der Waals surface area contributed by atoms with Crippen molar-refractivity contribution < 1.29 is 4.79 Å². The smallest absolute Gasteiger partial charge is 0.222 e. The van der Waals surface area contributed by atoms with E-state index in [1.807, 2.05) is 23.1 Å². The molecule has 1 unspecified atom stereocenters. The molecule has 0 spiro atoms. The summed E-state index contributed by atoms with van der Waals surface area (Å²) in [5, 5.41) is 17.8. The lowest BCUT2D eigenvalue weighted by Gasteiger charge is -2.40. The fraction of sp³-hybridized carbons (Fsp3) is 0.471. The fourth-order valence-electron chi connectivity index (χ4n) is 3.22. The zero-order valence-corrected chi connectivity index (χ0v) is 12.4. The van der Waals surface area contributed by atoms with Crippen LogP contribution >= 0.6 is 0 Å². The van der Waals surface area contributed by atoms with Gasteiger partial charge in [0.15, 0.2) is 6.19 Å². The molecule has 0 bridgehead atoms. The molecule has 0 aliphatic carbocycles. The van der Waals surface area contributed by atoms with E-state index in [-0.39, 0.29) is 5.91 Å². The summed E-state index contributed by atoms with van der Waals surface area (Å²) in [6, 6.07) is 9.78. The summed E-state index contributed by atoms with van der Waals surface area (Å²) in [6.07, 6.45) is 3.62. The van der Waals surface area contributed by atoms with E-state index in [0.717, 1.165) is 31.6 Å². The molecule has 2 aliphatic heterocycles. The molecule has 22 heavy (non-hydrogen) atoms. The largest absolute Gasteiger partial charge is 0.341 e. The van der Waals surface area contributed by atoms with Gasteiger partial charge in [0.2, 0.25) is 5.91 Å². The number of amides is 1. The Hall–Kier alpha value is -2.53. The minimum atomic E-state index is 0.192. The van der Waals surface area contributed by atoms with Crippen molar-refractivity contribution in [1.29, 1.82) is 10.5 Å². The van der Waals surface area contributed by atoms with E-state index >= 15 is 0 Å². The van der Waals surface area contributed by atoms with Crippen LogP contribution < -0.4 is 0 Å². The average Bonchev–Trinajstić information content (AvgIpc) is 2.93. The summed E-state index contributed by atoms with van der Waals surface area (Å²) in [6.45, 7) is 2.96. The van der Waals surface area contributed by atoms with Crippen molar-refractivity contribution in [2.45, 2.75) is 18.8 Å². The number of carbonyl (C=O) groups is 1. The second-order valence-corrected chi connectivity index (χ2v) is 6.14. The SMILES string of the molecule is N#Cc1cccc(C2CN(C(=O)CC3CCN(C#N)C3)C2)c1. The second-order valence-electron chi connectivity index (χ2n) is 6.14. The van der Waals surface area contributed by atoms with Crippen LogP contribution in [0.3, 0.4) is 0 Å². The molecule has 0 aromatic heterocycles. The Bertz CT molecular complexity index is 651. The van der Waals surface area contributed by atoms with Gasteiger partial charge in [0, 0.05) is 38.5 Å². The Morgan fingerprint density at radius 2 is 2.09 bits per heavy atom. The van der Waals surface area contributed by atoms with Gasteiger partial charge in [-0.1, -0.05) is 12.1 Å². The highest BCUT2D eigenvalue weighted by atomic mass is 16.2. The topological polar surface area (TPSA) is 71.1 Å². The van der Waals surface area contributed by atoms with Crippen molar-refractivity contribution >= 4 is 5.91 Å². The molecule has 112 valence electrons. The van der Waals surface area contributed by atoms with E-state index in [0.29, 0.717) is 30.4 Å². The first-order valence-corrected chi connectivity index (χ1v) is 7.62. The van der Waals surface area contributed by atoms with Gasteiger partial charge in [0.1, 0.15) is 0 Å². The third kappa shape index (κ3) is 2.89. The maximum Gasteiger partial charge on any atom is 0.222 e. The van der Waals surface area contributed by atoms with Gasteiger partial charge in [0.25, 0.3) is 0 Å². The van der Waals surface area contributed by atoms with Crippen LogP contribution in [0.5, 0.6) is 0 Å². The van der Waals surface area contributed by atoms with Crippen LogP contribution in [-0.4, -0.2) is 41.9 Å². The molecule has 1 aromatic rings. The molecule has 5 nitrogen and oxygen atoms in total. The van der Waals surface area contributed by atoms with Crippen LogP contribution in [0.2, 0.25) is 0 Å². The van der Waals surface area contributed by atoms with Gasteiger partial charge in [-0.05, 0) is 30.0 Å². The highest BCUT2D eigenvalue weighted by molar-refractivity contribution is 5.77. The van der Waals surface area contributed by atoms with Gasteiger partial charge in [-0.2, -0.15) is 10.5 Å². The number of rotatable bonds is 3. The summed E-state index contributed by atoms with van der Waals surface area (Å²) in [4.78, 5) is 15.9. The van der Waals surface area contributed by atoms with Crippen LogP contribution in [0, 0.1) is 28.7 Å². The lowest BCUT2D eigenvalue weighted by atomic mass is 9.89. The molecule has 2 aliphatic rings. The van der Waals surface area contributed by atoms with E-state index in [2.05, 4.69) is 12.3 Å². The van der Waals surface area contributed by atoms with Gasteiger partial charge >= 0.3 is 0 Å². The maximum absolute atomic E-state index is 12.2. The van der Waals surface area contributed by atoms with Crippen LogP contribution in [-0.2, 0) is 4.79 Å². The normalized spacial score (nSPS) is 21.1. The van der Waals surface area contributed by atoms with E-state index in [1.165, 1.54) is 0 Å². The molecule has 2 heterocycles. The number of hydrogen-bond acceptors (Lipinski definition) is 4. The molecule has 0 N–H and O–H groups in total. The Morgan fingerprint density at radius 1 is 1.27 bits per heavy atom. The van der Waals surface area contributed by atoms with Crippen molar-refractivity contribution in [3.63, 3.8) is 0 Å². The van der Waals surface area contributed by atoms with Crippen LogP contribution in [0.1, 0.15) is 29.9 Å². The summed E-state index contributed by atoms with van der Waals surface area (Å²) < 4.78 is 0. The van der Waals surface area contributed by atoms with E-state index in [9.17, 15) is 4.79 Å². The Kier molecular flexibility index (Phi) is 3.98. The number of benzene rings is 1. The standard InChI is InChI=1S/C17H18N4O/c18-8-13-2-1-3-15(6-13)16-10-21(11-16)17(22)7-14-4-5-20(9-14)12-19/h1-3,6,14,16H,4-5,7,9-11H2. The van der Waals surface area contributed by atoms with Crippen molar-refractivity contribution in [2.24, 2.45) is 5.92 Å². The number of hydrogen-bond donors (Lipinski definition) is 0. The van der Waals surface area contributed by atoms with Gasteiger partial charge < -0.3 is 9.80 Å². The van der Waals surface area contributed by atoms with Crippen molar-refractivity contribution in [2.75, 3.05) is 26.2 Å². The minimum Gasteiger partial charge on any atom is -0.341 e. The van der Waals surface area contributed by atoms with Crippen molar-refractivity contribution in [3.05, 3.63) is 35.4 Å². The summed E-state index contributed by atoms with van der Waals surface area (Å²) in [5.41, 5.74) is 1.81. The van der Waals surface area contributed by atoms with Crippen LogP contribution in [0.25, 0.3) is 0 Å². The van der Waals surface area contributed by atoms with Gasteiger partial charge in [0.05, 0.1) is 11.6 Å². The monoisotopic (exact) mass is 294 g/mol. The van der Waals surface area contributed by atoms with E-state index in [1.54, 1.807) is 11.0 Å². The molecule has 5 heteroatoms. The number of nitrogens with zero attached hydrogens (tertiary/aromatic N) is 4. The van der Waals surface area contributed by atoms with E-state index < -0.39 is 0 Å². The number of likely N-dealkylation sites (tertiary alicyclic amines) is 2. The Morgan fingerprint density at radius 3 is 2.77 bits per heavy atom. The molecule has 3 rings (SSSR count). The lowest BCUT2D eigenvalue weighted by Crippen LogP contribution is -2.49. The first-order chi connectivity index (χ1) is 10.7. The quantitative estimate of drug-likeness (QED) is 0.795. The van der Waals surface area contributed by atoms with Crippen LogP contribution in [0.4, 0.5) is 0 Å². The lowest BCUT2D eigenvalue weighted by molar-refractivity contribution is -0.136. The minimum absolute atomic E-state index is 0.192. The Labute approximate surface area is 130 Å². The third-order valence-corrected chi connectivity index (χ3v) is 4.61. The van der Waals surface area contributed by atoms with Crippen LogP contribution in [0.15, 0.2) is 24.3 Å². The molecule has 1 aromatic carbocycles. The van der Waals surface area contributed by atoms with Gasteiger partial charge in [-0.15, -0.1) is 0 Å². The fourth-order valence-corrected chi connectivity index (χ4v) is 3.22. The third-order valence-electron chi connectivity index (χ3n) is 4.61. The molecule has 2 saturated heterocycles. The molecule has 2 fully saturated rings. The predicted octanol–water partition coefficient (Wildman–Crippen LogP) is 1.68. The highest BCUT2D eigenvalue weighted by Crippen LogP contribution is 2.29. The van der Waals surface area contributed by atoms with Crippen molar-refractivity contribution in [1.82, 2.24) is 9.80 Å². The number of carbonyl (C=O) groups excluding carboxylic acids is 1. The van der Waals surface area contributed by atoms with Gasteiger partial charge in [-0.3, -0.25) is 4.79 Å². The van der Waals surface area contributed by atoms with Crippen molar-refractivity contribution in [3.8, 4) is 12.3 Å². The first-order valence-electron chi connectivity index (χ1n) is 7.62. The predicted molar refractivity (Wildman–Crippen MR) is 80.4 cm³/mol. The molecule has 1 atom stereocenters. The molecular formula is C17H18N4O.